The van der Waals surface area contributed by atoms with Crippen LogP contribution in [0.2, 0.25) is 0 Å². The molecule has 0 aliphatic carbocycles. The van der Waals surface area contributed by atoms with Crippen LogP contribution >= 0.6 is 24.0 Å². The van der Waals surface area contributed by atoms with Crippen molar-refractivity contribution < 1.29 is 4.39 Å². The quantitative estimate of drug-likeness (QED) is 0.660. The molecule has 1 heterocycles. The minimum Gasteiger partial charge on any atom is -0.366 e. The molecular formula is C15H22FN3S2. The fourth-order valence-corrected chi connectivity index (χ4v) is 3.10. The summed E-state index contributed by atoms with van der Waals surface area (Å²) in [5, 5.41) is 4.13. The summed E-state index contributed by atoms with van der Waals surface area (Å²) in [4.78, 5) is 4.26. The molecule has 1 saturated heterocycles. The standard InChI is InChI=1S/C15H22FN3S2/c1-21-12-4-7-17-15(20)19-10-8-18(9-11-19)14-6-3-2-5-13(14)16/h2-3,5-6H,4,7-12H2,1H3,(H,17,20). The normalized spacial score (nSPS) is 15.1. The largest absolute Gasteiger partial charge is 0.366 e. The molecule has 1 fully saturated rings. The van der Waals surface area contributed by atoms with Gasteiger partial charge in [-0.25, -0.2) is 4.39 Å². The van der Waals surface area contributed by atoms with Crippen molar-refractivity contribution in [2.24, 2.45) is 0 Å². The number of nitrogens with zero attached hydrogens (tertiary/aromatic N) is 2. The van der Waals surface area contributed by atoms with E-state index >= 15 is 0 Å². The van der Waals surface area contributed by atoms with Gasteiger partial charge in [0, 0.05) is 32.7 Å². The molecule has 21 heavy (non-hydrogen) atoms. The summed E-state index contributed by atoms with van der Waals surface area (Å²) in [6.07, 6.45) is 3.23. The van der Waals surface area contributed by atoms with Gasteiger partial charge in [-0.1, -0.05) is 12.1 Å². The maximum atomic E-state index is 13.8. The Bertz CT molecular complexity index is 462. The molecule has 0 unspecified atom stereocenters. The Morgan fingerprint density at radius 2 is 2.00 bits per heavy atom. The van der Waals surface area contributed by atoms with Gasteiger partial charge in [0.1, 0.15) is 5.82 Å². The van der Waals surface area contributed by atoms with Crippen molar-refractivity contribution in [3.05, 3.63) is 30.1 Å². The van der Waals surface area contributed by atoms with E-state index in [1.54, 1.807) is 6.07 Å². The molecule has 0 amide bonds. The van der Waals surface area contributed by atoms with Crippen LogP contribution in [0.3, 0.4) is 0 Å². The van der Waals surface area contributed by atoms with Gasteiger partial charge in [-0.2, -0.15) is 11.8 Å². The predicted octanol–water partition coefficient (Wildman–Crippen LogP) is 2.58. The number of piperazine rings is 1. The Kier molecular flexibility index (Phi) is 6.57. The number of thioether (sulfide) groups is 1. The van der Waals surface area contributed by atoms with E-state index in [0.29, 0.717) is 5.69 Å². The molecule has 1 aliphatic rings. The van der Waals surface area contributed by atoms with Gasteiger partial charge < -0.3 is 15.1 Å². The average Bonchev–Trinajstić information content (AvgIpc) is 2.52. The van der Waals surface area contributed by atoms with E-state index in [1.165, 1.54) is 6.07 Å². The van der Waals surface area contributed by atoms with Crippen LogP contribution in [0, 0.1) is 5.82 Å². The first-order valence-electron chi connectivity index (χ1n) is 7.23. The van der Waals surface area contributed by atoms with Gasteiger partial charge in [0.05, 0.1) is 5.69 Å². The highest BCUT2D eigenvalue weighted by molar-refractivity contribution is 7.98. The summed E-state index contributed by atoms with van der Waals surface area (Å²) >= 11 is 7.27. The van der Waals surface area contributed by atoms with E-state index in [9.17, 15) is 4.39 Å². The number of thiocarbonyl (C=S) groups is 1. The summed E-state index contributed by atoms with van der Waals surface area (Å²) in [6.45, 7) is 4.19. The average molecular weight is 327 g/mol. The SMILES string of the molecule is CSCCCNC(=S)N1CCN(c2ccccc2F)CC1. The summed E-state index contributed by atoms with van der Waals surface area (Å²) < 4.78 is 13.8. The van der Waals surface area contributed by atoms with Crippen molar-refractivity contribution in [3.63, 3.8) is 0 Å². The number of benzene rings is 1. The zero-order valence-corrected chi connectivity index (χ0v) is 14.0. The van der Waals surface area contributed by atoms with E-state index in [4.69, 9.17) is 12.2 Å². The second-order valence-electron chi connectivity index (χ2n) is 5.00. The number of hydrogen-bond acceptors (Lipinski definition) is 3. The smallest absolute Gasteiger partial charge is 0.169 e. The molecule has 116 valence electrons. The van der Waals surface area contributed by atoms with Crippen molar-refractivity contribution in [3.8, 4) is 0 Å². The number of rotatable bonds is 5. The van der Waals surface area contributed by atoms with Crippen LogP contribution in [0.1, 0.15) is 6.42 Å². The van der Waals surface area contributed by atoms with Crippen LogP contribution in [-0.2, 0) is 0 Å². The predicted molar refractivity (Wildman–Crippen MR) is 93.8 cm³/mol. The summed E-state index contributed by atoms with van der Waals surface area (Å²) in [5.41, 5.74) is 0.691. The van der Waals surface area contributed by atoms with Gasteiger partial charge in [0.25, 0.3) is 0 Å². The van der Waals surface area contributed by atoms with E-state index in [1.807, 2.05) is 23.9 Å². The molecule has 0 aromatic heterocycles. The maximum absolute atomic E-state index is 13.8. The molecule has 0 saturated carbocycles. The van der Waals surface area contributed by atoms with E-state index in [2.05, 4.69) is 21.4 Å². The number of nitrogens with one attached hydrogen (secondary N) is 1. The molecule has 0 atom stereocenters. The molecule has 1 aromatic rings. The van der Waals surface area contributed by atoms with Gasteiger partial charge in [0.15, 0.2) is 5.11 Å². The van der Waals surface area contributed by atoms with Crippen molar-refractivity contribution in [2.45, 2.75) is 6.42 Å². The highest BCUT2D eigenvalue weighted by Crippen LogP contribution is 2.20. The summed E-state index contributed by atoms with van der Waals surface area (Å²) in [6, 6.07) is 6.95. The third-order valence-electron chi connectivity index (χ3n) is 3.56. The molecular weight excluding hydrogens is 305 g/mol. The number of para-hydroxylation sites is 1. The Morgan fingerprint density at radius 1 is 1.29 bits per heavy atom. The minimum atomic E-state index is -0.149. The summed E-state index contributed by atoms with van der Waals surface area (Å²) in [7, 11) is 0. The Hall–Kier alpha value is -1.01. The van der Waals surface area contributed by atoms with Crippen LogP contribution in [0.4, 0.5) is 10.1 Å². The first kappa shape index (κ1) is 16.4. The lowest BCUT2D eigenvalue weighted by Gasteiger charge is -2.37. The van der Waals surface area contributed by atoms with Crippen molar-refractivity contribution in [1.82, 2.24) is 10.2 Å². The number of halogens is 1. The molecule has 1 N–H and O–H groups in total. The van der Waals surface area contributed by atoms with E-state index in [0.717, 1.165) is 50.0 Å². The first-order chi connectivity index (χ1) is 10.2. The molecule has 3 nitrogen and oxygen atoms in total. The van der Waals surface area contributed by atoms with E-state index in [-0.39, 0.29) is 5.82 Å². The molecule has 1 aromatic carbocycles. The monoisotopic (exact) mass is 327 g/mol. The maximum Gasteiger partial charge on any atom is 0.169 e. The second-order valence-corrected chi connectivity index (χ2v) is 6.38. The minimum absolute atomic E-state index is 0.149. The van der Waals surface area contributed by atoms with Crippen molar-refractivity contribution >= 4 is 34.8 Å². The molecule has 6 heteroatoms. The molecule has 0 radical (unpaired) electrons. The molecule has 0 bridgehead atoms. The third kappa shape index (κ3) is 4.74. The Morgan fingerprint density at radius 3 is 2.67 bits per heavy atom. The topological polar surface area (TPSA) is 18.5 Å². The zero-order valence-electron chi connectivity index (χ0n) is 12.3. The molecule has 2 rings (SSSR count). The first-order valence-corrected chi connectivity index (χ1v) is 9.04. The Balaban J connectivity index is 1.78. The lowest BCUT2D eigenvalue weighted by Crippen LogP contribution is -2.52. The summed E-state index contributed by atoms with van der Waals surface area (Å²) in [5.74, 6) is 1.00. The zero-order chi connectivity index (χ0) is 15.1. The number of anilines is 1. The van der Waals surface area contributed by atoms with Gasteiger partial charge in [-0.15, -0.1) is 0 Å². The number of hydrogen-bond donors (Lipinski definition) is 1. The fraction of sp³-hybridized carbons (Fsp3) is 0.533. The van der Waals surface area contributed by atoms with Crippen molar-refractivity contribution in [1.29, 1.82) is 0 Å². The fourth-order valence-electron chi connectivity index (χ4n) is 2.38. The lowest BCUT2D eigenvalue weighted by atomic mass is 10.2. The Labute approximate surface area is 135 Å². The van der Waals surface area contributed by atoms with Gasteiger partial charge in [0.2, 0.25) is 0 Å². The van der Waals surface area contributed by atoms with Crippen LogP contribution in [-0.4, -0.2) is 54.7 Å². The van der Waals surface area contributed by atoms with Crippen LogP contribution in [0.25, 0.3) is 0 Å². The third-order valence-corrected chi connectivity index (χ3v) is 4.66. The molecule has 1 aliphatic heterocycles. The molecule has 0 spiro atoms. The highest BCUT2D eigenvalue weighted by atomic mass is 32.2. The van der Waals surface area contributed by atoms with Crippen LogP contribution < -0.4 is 10.2 Å². The highest BCUT2D eigenvalue weighted by Gasteiger charge is 2.20. The van der Waals surface area contributed by atoms with Gasteiger partial charge in [-0.3, -0.25) is 0 Å². The second kappa shape index (κ2) is 8.44. The van der Waals surface area contributed by atoms with Crippen LogP contribution in [0.15, 0.2) is 24.3 Å². The van der Waals surface area contributed by atoms with Crippen LogP contribution in [0.5, 0.6) is 0 Å². The lowest BCUT2D eigenvalue weighted by molar-refractivity contribution is 0.378. The van der Waals surface area contributed by atoms with Gasteiger partial charge >= 0.3 is 0 Å². The van der Waals surface area contributed by atoms with Crippen molar-refractivity contribution in [2.75, 3.05) is 49.6 Å². The van der Waals surface area contributed by atoms with E-state index < -0.39 is 0 Å². The van der Waals surface area contributed by atoms with Gasteiger partial charge in [-0.05, 0) is 42.8 Å².